The molecule has 3 N–H and O–H groups in total. The van der Waals surface area contributed by atoms with Gasteiger partial charge in [-0.05, 0) is 0 Å². The molecule has 0 unspecified atom stereocenters. The number of halogens is 1. The Morgan fingerprint density at radius 1 is 0.500 bits per heavy atom. The van der Waals surface area contributed by atoms with Crippen LogP contribution in [0.4, 0.5) is 0 Å². The van der Waals surface area contributed by atoms with Crippen molar-refractivity contribution in [2.24, 2.45) is 0 Å². The van der Waals surface area contributed by atoms with Gasteiger partial charge in [0, 0.05) is 0 Å². The highest BCUT2D eigenvalue weighted by atomic mass is 35.5. The Morgan fingerprint density at radius 2 is 0.625 bits per heavy atom. The van der Waals surface area contributed by atoms with E-state index in [1.807, 2.05) is 0 Å². The second-order valence-electron chi connectivity index (χ2n) is 2.12. The van der Waals surface area contributed by atoms with Gasteiger partial charge in [-0.15, -0.1) is 12.4 Å². The lowest BCUT2D eigenvalue weighted by Gasteiger charge is -2.05. The molecule has 0 aromatic carbocycles. The van der Waals surface area contributed by atoms with E-state index in [1.54, 1.807) is 0 Å². The molecule has 1 aliphatic carbocycles. The van der Waals surface area contributed by atoms with E-state index in [-0.39, 0.29) is 18.6 Å². The van der Waals surface area contributed by atoms with Gasteiger partial charge in [0.1, 0.15) is 0 Å². The first-order valence-electron chi connectivity index (χ1n) is 3.00. The zero-order chi connectivity index (χ0) is 4.24. The minimum absolute atomic E-state index is 0. The van der Waals surface area contributed by atoms with Gasteiger partial charge in [-0.3, -0.25) is 0 Å². The number of hydrogen-bond donors (Lipinski definition) is 1. The van der Waals surface area contributed by atoms with Crippen LogP contribution in [0.5, 0.6) is 0 Å². The van der Waals surface area contributed by atoms with Crippen LogP contribution in [0, 0.1) is 0 Å². The Hall–Kier alpha value is 0.250. The average Bonchev–Trinajstić information content (AvgIpc) is 1.72. The smallest absolute Gasteiger partial charge is 0.0533 e. The van der Waals surface area contributed by atoms with Crippen molar-refractivity contribution in [3.05, 3.63) is 0 Å². The van der Waals surface area contributed by atoms with Gasteiger partial charge in [0.25, 0.3) is 0 Å². The molecular weight excluding hydrogens is 122 g/mol. The third-order valence-electron chi connectivity index (χ3n) is 1.50. The first-order valence-corrected chi connectivity index (χ1v) is 3.00. The highest BCUT2D eigenvalue weighted by molar-refractivity contribution is 5.85. The second-order valence-corrected chi connectivity index (χ2v) is 2.12. The predicted octanol–water partition coefficient (Wildman–Crippen LogP) is 2.92. The molecule has 0 saturated heterocycles. The summed E-state index contributed by atoms with van der Waals surface area (Å²) >= 11 is 0. The van der Waals surface area contributed by atoms with Crippen LogP contribution in [0.3, 0.4) is 0 Å². The minimum Gasteiger partial charge on any atom is -0.344 e. The van der Waals surface area contributed by atoms with Gasteiger partial charge >= 0.3 is 0 Å². The number of rotatable bonds is 0. The lowest BCUT2D eigenvalue weighted by atomic mass is 10.0. The molecular formula is C6H16ClN. The van der Waals surface area contributed by atoms with E-state index in [1.165, 1.54) is 38.5 Å². The summed E-state index contributed by atoms with van der Waals surface area (Å²) in [4.78, 5) is 0. The Kier molecular flexibility index (Phi) is 10.1. The van der Waals surface area contributed by atoms with Gasteiger partial charge in [0.2, 0.25) is 0 Å². The first kappa shape index (κ1) is 11.1. The van der Waals surface area contributed by atoms with Gasteiger partial charge in [0.05, 0.1) is 0 Å². The van der Waals surface area contributed by atoms with Crippen molar-refractivity contribution in [1.82, 2.24) is 6.15 Å². The Balaban J connectivity index is 0. The average molecular weight is 138 g/mol. The summed E-state index contributed by atoms with van der Waals surface area (Å²) in [6.07, 6.45) is 9.00. The van der Waals surface area contributed by atoms with E-state index in [0.717, 1.165) is 0 Å². The topological polar surface area (TPSA) is 35.0 Å². The zero-order valence-electron chi connectivity index (χ0n) is 5.36. The van der Waals surface area contributed by atoms with Crippen LogP contribution in [-0.2, 0) is 0 Å². The maximum absolute atomic E-state index is 1.50. The molecule has 1 nitrogen and oxygen atoms in total. The maximum Gasteiger partial charge on any atom is -0.0533 e. The minimum atomic E-state index is 0. The van der Waals surface area contributed by atoms with Gasteiger partial charge in [-0.25, -0.2) is 0 Å². The molecule has 0 heterocycles. The molecule has 52 valence electrons. The molecule has 0 bridgehead atoms. The second kappa shape index (κ2) is 7.25. The summed E-state index contributed by atoms with van der Waals surface area (Å²) in [5.74, 6) is 0. The van der Waals surface area contributed by atoms with Crippen LogP contribution in [0.1, 0.15) is 38.5 Å². The van der Waals surface area contributed by atoms with Crippen LogP contribution in [0.15, 0.2) is 0 Å². The van der Waals surface area contributed by atoms with Crippen molar-refractivity contribution in [3.63, 3.8) is 0 Å². The van der Waals surface area contributed by atoms with Crippen LogP contribution in [0.2, 0.25) is 0 Å². The molecule has 0 aliphatic heterocycles. The molecule has 1 fully saturated rings. The van der Waals surface area contributed by atoms with Crippen molar-refractivity contribution < 1.29 is 0 Å². The van der Waals surface area contributed by atoms with E-state index >= 15 is 0 Å². The summed E-state index contributed by atoms with van der Waals surface area (Å²) in [5, 5.41) is 0. The fourth-order valence-corrected chi connectivity index (χ4v) is 1.06. The zero-order valence-corrected chi connectivity index (χ0v) is 6.17. The van der Waals surface area contributed by atoms with Gasteiger partial charge in [-0.2, -0.15) is 0 Å². The van der Waals surface area contributed by atoms with E-state index in [4.69, 9.17) is 0 Å². The van der Waals surface area contributed by atoms with E-state index in [0.29, 0.717) is 0 Å². The van der Waals surface area contributed by atoms with E-state index in [2.05, 4.69) is 0 Å². The van der Waals surface area contributed by atoms with Crippen molar-refractivity contribution in [2.75, 3.05) is 0 Å². The quantitative estimate of drug-likeness (QED) is 0.548. The predicted molar refractivity (Wildman–Crippen MR) is 40.0 cm³/mol. The van der Waals surface area contributed by atoms with Crippen LogP contribution in [-0.4, -0.2) is 0 Å². The first-order chi connectivity index (χ1) is 3.00. The molecule has 0 radical (unpaired) electrons. The lowest BCUT2D eigenvalue weighted by Crippen LogP contribution is -1.85. The van der Waals surface area contributed by atoms with E-state index in [9.17, 15) is 0 Å². The van der Waals surface area contributed by atoms with E-state index < -0.39 is 0 Å². The third kappa shape index (κ3) is 4.41. The van der Waals surface area contributed by atoms with Gasteiger partial charge in [-0.1, -0.05) is 38.5 Å². The molecule has 0 amide bonds. The highest BCUT2D eigenvalue weighted by Crippen LogP contribution is 2.15. The van der Waals surface area contributed by atoms with Crippen molar-refractivity contribution in [1.29, 1.82) is 0 Å². The molecule has 0 spiro atoms. The summed E-state index contributed by atoms with van der Waals surface area (Å²) in [7, 11) is 0. The SMILES string of the molecule is C1CCCCC1.Cl.N. The molecule has 8 heavy (non-hydrogen) atoms. The summed E-state index contributed by atoms with van der Waals surface area (Å²) < 4.78 is 0. The fourth-order valence-electron chi connectivity index (χ4n) is 1.06. The Morgan fingerprint density at radius 3 is 0.750 bits per heavy atom. The molecule has 1 saturated carbocycles. The monoisotopic (exact) mass is 137 g/mol. The Labute approximate surface area is 57.8 Å². The van der Waals surface area contributed by atoms with Gasteiger partial charge in [0.15, 0.2) is 0 Å². The largest absolute Gasteiger partial charge is 0.344 e. The summed E-state index contributed by atoms with van der Waals surface area (Å²) in [6.45, 7) is 0. The third-order valence-corrected chi connectivity index (χ3v) is 1.50. The molecule has 1 rings (SSSR count). The molecule has 1 aliphatic rings. The molecule has 0 aromatic rings. The van der Waals surface area contributed by atoms with Crippen LogP contribution >= 0.6 is 12.4 Å². The fraction of sp³-hybridized carbons (Fsp3) is 1.00. The maximum atomic E-state index is 1.50. The van der Waals surface area contributed by atoms with Crippen molar-refractivity contribution >= 4 is 12.4 Å². The Bertz CT molecular complexity index is 24.0. The molecule has 2 heteroatoms. The lowest BCUT2D eigenvalue weighted by molar-refractivity contribution is 0.504. The molecule has 0 aromatic heterocycles. The standard InChI is InChI=1S/C6H12.ClH.H3N/c1-2-4-6-5-3-1;;/h1-6H2;1H;1H3. The normalized spacial score (nSPS) is 18.0. The summed E-state index contributed by atoms with van der Waals surface area (Å²) in [6, 6.07) is 0. The van der Waals surface area contributed by atoms with Crippen molar-refractivity contribution in [2.45, 2.75) is 38.5 Å². The summed E-state index contributed by atoms with van der Waals surface area (Å²) in [5.41, 5.74) is 0. The highest BCUT2D eigenvalue weighted by Gasteiger charge is 1.95. The number of hydrogen-bond acceptors (Lipinski definition) is 1. The van der Waals surface area contributed by atoms with Crippen molar-refractivity contribution in [3.8, 4) is 0 Å². The van der Waals surface area contributed by atoms with Crippen LogP contribution in [0.25, 0.3) is 0 Å². The van der Waals surface area contributed by atoms with Gasteiger partial charge < -0.3 is 6.15 Å². The van der Waals surface area contributed by atoms with Crippen LogP contribution < -0.4 is 6.15 Å². The molecule has 0 atom stereocenters.